The highest BCUT2D eigenvalue weighted by atomic mass is 79.9. The van der Waals surface area contributed by atoms with Crippen LogP contribution < -0.4 is 19.7 Å². The lowest BCUT2D eigenvalue weighted by atomic mass is 10.1. The monoisotopic (exact) mass is 481 g/mol. The molecule has 8 nitrogen and oxygen atoms in total. The summed E-state index contributed by atoms with van der Waals surface area (Å²) in [6.07, 6.45) is 1.12. The molecule has 1 heterocycles. The third kappa shape index (κ3) is 5.07. The summed E-state index contributed by atoms with van der Waals surface area (Å²) < 4.78 is 31.4. The minimum absolute atomic E-state index is 0.0950. The predicted molar refractivity (Wildman–Crippen MR) is 115 cm³/mol. The molecule has 0 radical (unpaired) electrons. The van der Waals surface area contributed by atoms with Crippen LogP contribution in [0.15, 0.2) is 46.9 Å². The van der Waals surface area contributed by atoms with Crippen molar-refractivity contribution in [1.29, 1.82) is 0 Å². The van der Waals surface area contributed by atoms with Crippen LogP contribution in [-0.2, 0) is 19.6 Å². The smallest absolute Gasteiger partial charge is 0.229 e. The van der Waals surface area contributed by atoms with Crippen LogP contribution in [0.4, 0.5) is 17.1 Å². The summed E-state index contributed by atoms with van der Waals surface area (Å²) in [4.78, 5) is 26.7. The Morgan fingerprint density at radius 1 is 1.24 bits per heavy atom. The average Bonchev–Trinajstić information content (AvgIpc) is 3.03. The van der Waals surface area contributed by atoms with E-state index < -0.39 is 15.9 Å². The first kappa shape index (κ1) is 21.1. The number of halogens is 1. The maximum atomic E-state index is 12.7. The summed E-state index contributed by atoms with van der Waals surface area (Å²) in [5, 5.41) is 2.75. The fourth-order valence-corrected chi connectivity index (χ4v) is 4.15. The van der Waals surface area contributed by atoms with Gasteiger partial charge < -0.3 is 15.0 Å². The molecular weight excluding hydrogens is 462 g/mol. The summed E-state index contributed by atoms with van der Waals surface area (Å²) in [6, 6.07) is 12.0. The number of ether oxygens (including phenoxy) is 1. The lowest BCUT2D eigenvalue weighted by Gasteiger charge is -2.18. The van der Waals surface area contributed by atoms with Gasteiger partial charge in [0.1, 0.15) is 5.75 Å². The maximum Gasteiger partial charge on any atom is 0.229 e. The fourth-order valence-electron chi connectivity index (χ4n) is 3.10. The van der Waals surface area contributed by atoms with Crippen LogP contribution in [0.1, 0.15) is 6.42 Å². The Labute approximate surface area is 177 Å². The van der Waals surface area contributed by atoms with Crippen molar-refractivity contribution in [3.05, 3.63) is 46.9 Å². The molecule has 0 bridgehead atoms. The van der Waals surface area contributed by atoms with E-state index in [1.807, 2.05) is 24.3 Å². The number of sulfonamides is 1. The minimum Gasteiger partial charge on any atom is -0.495 e. The number of benzene rings is 2. The Bertz CT molecular complexity index is 1060. The van der Waals surface area contributed by atoms with Gasteiger partial charge in [-0.2, -0.15) is 0 Å². The van der Waals surface area contributed by atoms with Gasteiger partial charge in [0.15, 0.2) is 0 Å². The number of carbonyl (C=O) groups is 2. The highest BCUT2D eigenvalue weighted by molar-refractivity contribution is 9.10. The van der Waals surface area contributed by atoms with Crippen molar-refractivity contribution in [2.24, 2.45) is 5.92 Å². The van der Waals surface area contributed by atoms with Gasteiger partial charge in [-0.3, -0.25) is 14.3 Å². The molecule has 2 amide bonds. The van der Waals surface area contributed by atoms with E-state index in [9.17, 15) is 18.0 Å². The van der Waals surface area contributed by atoms with E-state index in [1.54, 1.807) is 17.0 Å². The van der Waals surface area contributed by atoms with Gasteiger partial charge in [0.25, 0.3) is 0 Å². The van der Waals surface area contributed by atoms with E-state index in [0.29, 0.717) is 11.4 Å². The molecule has 10 heteroatoms. The van der Waals surface area contributed by atoms with Crippen LogP contribution >= 0.6 is 15.9 Å². The van der Waals surface area contributed by atoms with Gasteiger partial charge in [-0.25, -0.2) is 8.42 Å². The number of hydrogen-bond donors (Lipinski definition) is 2. The van der Waals surface area contributed by atoms with Crippen molar-refractivity contribution in [3.63, 3.8) is 0 Å². The number of methoxy groups -OCH3 is 1. The van der Waals surface area contributed by atoms with Crippen molar-refractivity contribution < 1.29 is 22.7 Å². The quantitative estimate of drug-likeness (QED) is 0.659. The molecule has 0 aromatic heterocycles. The Balaban J connectivity index is 1.75. The van der Waals surface area contributed by atoms with Crippen molar-refractivity contribution in [1.82, 2.24) is 0 Å². The molecule has 0 spiro atoms. The van der Waals surface area contributed by atoms with Crippen molar-refractivity contribution in [2.75, 3.05) is 34.8 Å². The van der Waals surface area contributed by atoms with Gasteiger partial charge in [0.05, 0.1) is 30.7 Å². The van der Waals surface area contributed by atoms with Crippen LogP contribution in [0.25, 0.3) is 0 Å². The molecule has 0 saturated carbocycles. The van der Waals surface area contributed by atoms with Crippen molar-refractivity contribution in [2.45, 2.75) is 6.42 Å². The molecule has 1 aliphatic rings. The second-order valence-electron chi connectivity index (χ2n) is 6.64. The molecule has 29 heavy (non-hydrogen) atoms. The Morgan fingerprint density at radius 2 is 1.97 bits per heavy atom. The lowest BCUT2D eigenvalue weighted by Crippen LogP contribution is -2.28. The molecule has 154 valence electrons. The zero-order chi connectivity index (χ0) is 21.2. The summed E-state index contributed by atoms with van der Waals surface area (Å²) in [6.45, 7) is 0.262. The summed E-state index contributed by atoms with van der Waals surface area (Å²) >= 11 is 3.43. The molecule has 2 aromatic rings. The number of nitrogens with zero attached hydrogens (tertiary/aromatic N) is 1. The standard InChI is InChI=1S/C19H20BrN3O5S/c1-28-17-8-7-13(10-15(17)22-29(2,26)27)21-19(25)12-9-18(24)23(11-12)16-6-4-3-5-14(16)20/h3-8,10,12,22H,9,11H2,1-2H3,(H,21,25). The predicted octanol–water partition coefficient (Wildman–Crippen LogP) is 2.82. The summed E-state index contributed by atoms with van der Waals surface area (Å²) in [5.74, 6) is -0.651. The molecule has 0 aliphatic carbocycles. The zero-order valence-corrected chi connectivity index (χ0v) is 18.2. The highest BCUT2D eigenvalue weighted by Gasteiger charge is 2.35. The second-order valence-corrected chi connectivity index (χ2v) is 9.24. The zero-order valence-electron chi connectivity index (χ0n) is 15.8. The third-order valence-electron chi connectivity index (χ3n) is 4.40. The molecular formula is C19H20BrN3O5S. The van der Waals surface area contributed by atoms with Crippen molar-refractivity contribution in [3.8, 4) is 5.75 Å². The van der Waals surface area contributed by atoms with E-state index in [4.69, 9.17) is 4.74 Å². The molecule has 1 atom stereocenters. The molecule has 2 N–H and O–H groups in total. The lowest BCUT2D eigenvalue weighted by molar-refractivity contribution is -0.122. The van der Waals surface area contributed by atoms with Crippen LogP contribution in [-0.4, -0.2) is 40.1 Å². The van der Waals surface area contributed by atoms with E-state index >= 15 is 0 Å². The molecule has 2 aromatic carbocycles. The summed E-state index contributed by atoms with van der Waals surface area (Å²) in [5.41, 5.74) is 1.33. The maximum absolute atomic E-state index is 12.7. The second kappa shape index (κ2) is 8.42. The van der Waals surface area contributed by atoms with E-state index in [-0.39, 0.29) is 30.5 Å². The van der Waals surface area contributed by atoms with Gasteiger partial charge in [-0.1, -0.05) is 12.1 Å². The average molecular weight is 482 g/mol. The molecule has 3 rings (SSSR count). The Morgan fingerprint density at radius 3 is 2.62 bits per heavy atom. The van der Waals surface area contributed by atoms with Crippen molar-refractivity contribution >= 4 is 54.8 Å². The molecule has 1 fully saturated rings. The van der Waals surface area contributed by atoms with Gasteiger partial charge in [-0.05, 0) is 46.3 Å². The van der Waals surface area contributed by atoms with Crippen LogP contribution in [0.5, 0.6) is 5.75 Å². The number of hydrogen-bond acceptors (Lipinski definition) is 5. The topological polar surface area (TPSA) is 105 Å². The largest absolute Gasteiger partial charge is 0.495 e. The van der Waals surface area contributed by atoms with Gasteiger partial charge in [0, 0.05) is 23.1 Å². The van der Waals surface area contributed by atoms with E-state index in [2.05, 4.69) is 26.0 Å². The first-order valence-corrected chi connectivity index (χ1v) is 11.4. The first-order chi connectivity index (χ1) is 13.7. The van der Waals surface area contributed by atoms with Gasteiger partial charge >= 0.3 is 0 Å². The van der Waals surface area contributed by atoms with Gasteiger partial charge in [0.2, 0.25) is 21.8 Å². The van der Waals surface area contributed by atoms with Crippen LogP contribution in [0.3, 0.4) is 0 Å². The first-order valence-electron chi connectivity index (χ1n) is 8.69. The normalized spacial score (nSPS) is 16.6. The molecule has 1 saturated heterocycles. The fraction of sp³-hybridized carbons (Fsp3) is 0.263. The van der Waals surface area contributed by atoms with E-state index in [1.165, 1.54) is 13.2 Å². The third-order valence-corrected chi connectivity index (χ3v) is 5.66. The molecule has 1 unspecified atom stereocenters. The number of carbonyl (C=O) groups excluding carboxylic acids is 2. The number of anilines is 3. The number of para-hydroxylation sites is 1. The van der Waals surface area contributed by atoms with Crippen LogP contribution in [0.2, 0.25) is 0 Å². The highest BCUT2D eigenvalue weighted by Crippen LogP contribution is 2.32. The number of rotatable bonds is 6. The number of nitrogens with one attached hydrogen (secondary N) is 2. The SMILES string of the molecule is COc1ccc(NC(=O)C2CC(=O)N(c3ccccc3Br)C2)cc1NS(C)(=O)=O. The Hall–Kier alpha value is -2.59. The minimum atomic E-state index is -3.52. The molecule has 1 aliphatic heterocycles. The Kier molecular flexibility index (Phi) is 6.13. The van der Waals surface area contributed by atoms with Crippen LogP contribution in [0, 0.1) is 5.92 Å². The number of amides is 2. The summed E-state index contributed by atoms with van der Waals surface area (Å²) in [7, 11) is -2.10. The van der Waals surface area contributed by atoms with E-state index in [0.717, 1.165) is 16.4 Å². The van der Waals surface area contributed by atoms with Gasteiger partial charge in [-0.15, -0.1) is 0 Å².